The van der Waals surface area contributed by atoms with Crippen molar-refractivity contribution in [3.8, 4) is 0 Å². The van der Waals surface area contributed by atoms with Crippen molar-refractivity contribution >= 4 is 38.1 Å². The molecule has 3 nitrogen and oxygen atoms in total. The minimum Gasteiger partial charge on any atom is -0.367 e. The van der Waals surface area contributed by atoms with E-state index in [0.717, 1.165) is 5.75 Å². The number of thioether (sulfide) groups is 1. The van der Waals surface area contributed by atoms with Gasteiger partial charge in [-0.1, -0.05) is 30.9 Å². The van der Waals surface area contributed by atoms with Crippen molar-refractivity contribution in [1.82, 2.24) is 5.32 Å². The summed E-state index contributed by atoms with van der Waals surface area (Å²) in [5, 5.41) is 3.05. The Hall–Kier alpha value is 0.190. The highest BCUT2D eigenvalue weighted by Gasteiger charge is 2.27. The molecule has 0 aromatic rings. The van der Waals surface area contributed by atoms with Gasteiger partial charge in [-0.25, -0.2) is 8.42 Å². The SMILES string of the molecule is CCSC(=S)N[C@@H]1CCS(=O)(=O)C1. The van der Waals surface area contributed by atoms with Crippen LogP contribution in [0.3, 0.4) is 0 Å². The number of thiocarbonyl (C=S) groups is 1. The molecule has 0 aromatic heterocycles. The number of sulfone groups is 1. The summed E-state index contributed by atoms with van der Waals surface area (Å²) >= 11 is 6.57. The summed E-state index contributed by atoms with van der Waals surface area (Å²) in [4.78, 5) is 0. The molecule has 1 fully saturated rings. The zero-order chi connectivity index (χ0) is 9.90. The summed E-state index contributed by atoms with van der Waals surface area (Å²) in [6.07, 6.45) is 0.687. The monoisotopic (exact) mass is 239 g/mol. The Morgan fingerprint density at radius 3 is 2.85 bits per heavy atom. The number of rotatable bonds is 2. The van der Waals surface area contributed by atoms with Crippen molar-refractivity contribution in [2.75, 3.05) is 17.3 Å². The van der Waals surface area contributed by atoms with E-state index in [1.807, 2.05) is 6.92 Å². The van der Waals surface area contributed by atoms with Crippen LogP contribution >= 0.6 is 24.0 Å². The van der Waals surface area contributed by atoms with Crippen molar-refractivity contribution < 1.29 is 8.42 Å². The van der Waals surface area contributed by atoms with Crippen LogP contribution in [0.5, 0.6) is 0 Å². The second-order valence-electron chi connectivity index (χ2n) is 2.96. The average molecular weight is 239 g/mol. The van der Waals surface area contributed by atoms with E-state index in [9.17, 15) is 8.42 Å². The zero-order valence-corrected chi connectivity index (χ0v) is 9.90. The van der Waals surface area contributed by atoms with Crippen LogP contribution in [0.15, 0.2) is 0 Å². The first-order valence-corrected chi connectivity index (χ1v) is 7.39. The molecule has 1 saturated heterocycles. The molecule has 1 N–H and O–H groups in total. The molecule has 1 heterocycles. The van der Waals surface area contributed by atoms with Gasteiger partial charge in [-0.2, -0.15) is 0 Å². The third-order valence-corrected chi connectivity index (χ3v) is 4.74. The Labute approximate surface area is 88.6 Å². The summed E-state index contributed by atoms with van der Waals surface area (Å²) in [6.45, 7) is 2.02. The van der Waals surface area contributed by atoms with Crippen molar-refractivity contribution in [3.05, 3.63) is 0 Å². The first-order chi connectivity index (χ1) is 6.03. The standard InChI is InChI=1S/C7H13NO2S3/c1-2-12-7(11)8-6-3-4-13(9,10)5-6/h6H,2-5H2,1H3,(H,8,11)/t6-/m1/s1. The van der Waals surface area contributed by atoms with Gasteiger partial charge in [0, 0.05) is 6.04 Å². The highest BCUT2D eigenvalue weighted by atomic mass is 32.2. The predicted octanol–water partition coefficient (Wildman–Crippen LogP) is 0.801. The molecule has 0 aliphatic carbocycles. The Morgan fingerprint density at radius 2 is 2.38 bits per heavy atom. The van der Waals surface area contributed by atoms with Crippen molar-refractivity contribution in [3.63, 3.8) is 0 Å². The minimum atomic E-state index is -2.79. The summed E-state index contributed by atoms with van der Waals surface area (Å²) in [5.41, 5.74) is 0. The Bertz CT molecular complexity index is 286. The average Bonchev–Trinajstić information content (AvgIpc) is 2.30. The fraction of sp³-hybridized carbons (Fsp3) is 0.857. The quantitative estimate of drug-likeness (QED) is 0.722. The van der Waals surface area contributed by atoms with Crippen LogP contribution < -0.4 is 5.32 Å². The Balaban J connectivity index is 2.36. The molecule has 1 atom stereocenters. The summed E-state index contributed by atoms with van der Waals surface area (Å²) in [7, 11) is -2.79. The molecule has 0 unspecified atom stereocenters. The van der Waals surface area contributed by atoms with Gasteiger partial charge < -0.3 is 5.32 Å². The molecule has 0 amide bonds. The molecule has 0 radical (unpaired) electrons. The van der Waals surface area contributed by atoms with E-state index >= 15 is 0 Å². The van der Waals surface area contributed by atoms with Crippen molar-refractivity contribution in [1.29, 1.82) is 0 Å². The van der Waals surface area contributed by atoms with Crippen LogP contribution in [0.25, 0.3) is 0 Å². The highest BCUT2D eigenvalue weighted by Crippen LogP contribution is 2.13. The zero-order valence-electron chi connectivity index (χ0n) is 7.45. The number of hydrogen-bond donors (Lipinski definition) is 1. The largest absolute Gasteiger partial charge is 0.367 e. The lowest BCUT2D eigenvalue weighted by Gasteiger charge is -2.11. The lowest BCUT2D eigenvalue weighted by atomic mass is 10.3. The normalized spacial score (nSPS) is 25.8. The maximum atomic E-state index is 11.1. The fourth-order valence-corrected chi connectivity index (χ4v) is 3.95. The van der Waals surface area contributed by atoms with E-state index in [-0.39, 0.29) is 11.8 Å². The molecular formula is C7H13NO2S3. The summed E-state index contributed by atoms with van der Waals surface area (Å²) < 4.78 is 22.9. The van der Waals surface area contributed by atoms with Crippen LogP contribution in [-0.2, 0) is 9.84 Å². The molecule has 0 saturated carbocycles. The van der Waals surface area contributed by atoms with Gasteiger partial charge in [0.25, 0.3) is 0 Å². The van der Waals surface area contributed by atoms with Gasteiger partial charge in [-0.3, -0.25) is 0 Å². The lowest BCUT2D eigenvalue weighted by Crippen LogP contribution is -2.32. The number of hydrogen-bond acceptors (Lipinski definition) is 4. The molecule has 6 heteroatoms. The molecular weight excluding hydrogens is 226 g/mol. The van der Waals surface area contributed by atoms with Crippen molar-refractivity contribution in [2.24, 2.45) is 0 Å². The summed E-state index contributed by atoms with van der Waals surface area (Å²) in [6, 6.07) is 0.0385. The van der Waals surface area contributed by atoms with Crippen LogP contribution in [0.1, 0.15) is 13.3 Å². The second-order valence-corrected chi connectivity index (χ2v) is 7.13. The Morgan fingerprint density at radius 1 is 1.69 bits per heavy atom. The maximum absolute atomic E-state index is 11.1. The van der Waals surface area contributed by atoms with Crippen LogP contribution in [0, 0.1) is 0 Å². The first-order valence-electron chi connectivity index (χ1n) is 4.17. The van der Waals surface area contributed by atoms with E-state index in [4.69, 9.17) is 12.2 Å². The van der Waals surface area contributed by atoms with E-state index in [2.05, 4.69) is 5.32 Å². The smallest absolute Gasteiger partial charge is 0.152 e. The molecule has 1 rings (SSSR count). The van der Waals surface area contributed by atoms with Crippen molar-refractivity contribution in [2.45, 2.75) is 19.4 Å². The Kier molecular flexibility index (Phi) is 4.00. The number of nitrogens with one attached hydrogen (secondary N) is 1. The predicted molar refractivity (Wildman–Crippen MR) is 60.9 cm³/mol. The third-order valence-electron chi connectivity index (χ3n) is 1.83. The first kappa shape index (κ1) is 11.3. The van der Waals surface area contributed by atoms with E-state index in [0.29, 0.717) is 16.5 Å². The van der Waals surface area contributed by atoms with Crippen LogP contribution in [0.4, 0.5) is 0 Å². The van der Waals surface area contributed by atoms with Gasteiger partial charge in [-0.15, -0.1) is 0 Å². The van der Waals surface area contributed by atoms with Gasteiger partial charge in [0.1, 0.15) is 4.32 Å². The maximum Gasteiger partial charge on any atom is 0.152 e. The van der Waals surface area contributed by atoms with Crippen LogP contribution in [-0.4, -0.2) is 36.0 Å². The van der Waals surface area contributed by atoms with E-state index in [1.54, 1.807) is 11.8 Å². The molecule has 1 aliphatic heterocycles. The molecule has 1 aliphatic rings. The lowest BCUT2D eigenvalue weighted by molar-refractivity contribution is 0.600. The molecule has 0 spiro atoms. The van der Waals surface area contributed by atoms with Gasteiger partial charge in [0.2, 0.25) is 0 Å². The molecule has 76 valence electrons. The molecule has 0 bridgehead atoms. The van der Waals surface area contributed by atoms with Crippen LogP contribution in [0.2, 0.25) is 0 Å². The second kappa shape index (κ2) is 4.61. The highest BCUT2D eigenvalue weighted by molar-refractivity contribution is 8.22. The van der Waals surface area contributed by atoms with Gasteiger partial charge in [0.15, 0.2) is 9.84 Å². The van der Waals surface area contributed by atoms with E-state index < -0.39 is 9.84 Å². The van der Waals surface area contributed by atoms with Gasteiger partial charge in [-0.05, 0) is 12.2 Å². The van der Waals surface area contributed by atoms with E-state index in [1.165, 1.54) is 0 Å². The third kappa shape index (κ3) is 3.83. The molecule has 0 aromatic carbocycles. The topological polar surface area (TPSA) is 46.2 Å². The summed E-state index contributed by atoms with van der Waals surface area (Å²) in [5.74, 6) is 1.45. The van der Waals surface area contributed by atoms with Gasteiger partial charge >= 0.3 is 0 Å². The minimum absolute atomic E-state index is 0.0385. The van der Waals surface area contributed by atoms with Gasteiger partial charge in [0.05, 0.1) is 11.5 Å². The molecule has 13 heavy (non-hydrogen) atoms. The fourth-order valence-electron chi connectivity index (χ4n) is 1.25.